The van der Waals surface area contributed by atoms with Crippen molar-refractivity contribution in [2.24, 2.45) is 0 Å². The maximum absolute atomic E-state index is 13.1. The maximum Gasteiger partial charge on any atom is 0.294 e. The highest BCUT2D eigenvalue weighted by Crippen LogP contribution is 2.34. The summed E-state index contributed by atoms with van der Waals surface area (Å²) in [5.41, 5.74) is 6.88. The van der Waals surface area contributed by atoms with Gasteiger partial charge >= 0.3 is 0 Å². The summed E-state index contributed by atoms with van der Waals surface area (Å²) < 4.78 is 2.15. The van der Waals surface area contributed by atoms with Crippen LogP contribution >= 0.6 is 11.8 Å². The van der Waals surface area contributed by atoms with Gasteiger partial charge in [-0.2, -0.15) is 0 Å². The number of nitrogens with one attached hydrogen (secondary N) is 1. The first-order valence-electron chi connectivity index (χ1n) is 12.0. The number of imide groups is 1. The molecule has 1 saturated heterocycles. The number of benzene rings is 3. The summed E-state index contributed by atoms with van der Waals surface area (Å²) >= 11 is 0.863. The van der Waals surface area contributed by atoms with Crippen LogP contribution in [0, 0.1) is 20.8 Å². The first kappa shape index (κ1) is 24.6. The number of aromatic nitrogens is 1. The Balaban J connectivity index is 1.37. The number of hydrogen-bond acceptors (Lipinski definition) is 4. The number of fused-ring (bicyclic) bond motifs is 1. The molecule has 3 aromatic carbocycles. The van der Waals surface area contributed by atoms with Crippen LogP contribution in [-0.4, -0.2) is 33.1 Å². The lowest BCUT2D eigenvalue weighted by atomic mass is 10.1. The summed E-state index contributed by atoms with van der Waals surface area (Å²) in [6.45, 7) is 6.26. The Morgan fingerprint density at radius 2 is 1.68 bits per heavy atom. The molecule has 6 nitrogen and oxygen atoms in total. The topological polar surface area (TPSA) is 71.4 Å². The van der Waals surface area contributed by atoms with Crippen LogP contribution in [-0.2, 0) is 16.1 Å². The highest BCUT2D eigenvalue weighted by molar-refractivity contribution is 8.18. The largest absolute Gasteiger partial charge is 0.342 e. The van der Waals surface area contributed by atoms with Crippen molar-refractivity contribution in [3.05, 3.63) is 106 Å². The molecule has 0 unspecified atom stereocenters. The predicted octanol–water partition coefficient (Wildman–Crippen LogP) is 6.29. The fourth-order valence-electron chi connectivity index (χ4n) is 4.39. The molecule has 1 aliphatic heterocycles. The van der Waals surface area contributed by atoms with Crippen LogP contribution in [0.15, 0.2) is 77.8 Å². The lowest BCUT2D eigenvalue weighted by Crippen LogP contribution is -2.36. The molecule has 4 aromatic rings. The smallest absolute Gasteiger partial charge is 0.294 e. The minimum absolute atomic E-state index is 0.308. The molecular formula is C30H27N3O3S. The molecule has 0 spiro atoms. The summed E-state index contributed by atoms with van der Waals surface area (Å²) in [6.07, 6.45) is 3.76. The lowest BCUT2D eigenvalue weighted by molar-refractivity contribution is -0.127. The van der Waals surface area contributed by atoms with Gasteiger partial charge in [0.05, 0.1) is 4.91 Å². The fraction of sp³-hybridized carbons (Fsp3) is 0.167. The van der Waals surface area contributed by atoms with Crippen molar-refractivity contribution in [3.63, 3.8) is 0 Å². The van der Waals surface area contributed by atoms with Crippen LogP contribution in [0.3, 0.4) is 0 Å². The molecule has 2 heterocycles. The molecular weight excluding hydrogens is 482 g/mol. The number of aryl methyl sites for hydroxylation is 3. The van der Waals surface area contributed by atoms with Gasteiger partial charge in [-0.05, 0) is 67.4 Å². The van der Waals surface area contributed by atoms with E-state index in [4.69, 9.17) is 0 Å². The average molecular weight is 510 g/mol. The van der Waals surface area contributed by atoms with Crippen molar-refractivity contribution in [1.82, 2.24) is 9.47 Å². The van der Waals surface area contributed by atoms with Crippen molar-refractivity contribution in [2.75, 3.05) is 11.9 Å². The van der Waals surface area contributed by atoms with Gasteiger partial charge in [0.1, 0.15) is 6.54 Å². The standard InChI is InChI=1S/C30H27N3O3S/c1-19-9-12-22(13-10-19)16-32-17-23(24-6-4-5-7-26(24)32)15-27-29(35)33(30(36)37-27)18-28(34)31-25-14-20(2)8-11-21(25)3/h4-15,17H,16,18H2,1-3H3,(H,31,34)/b27-15-. The SMILES string of the molecule is Cc1ccc(Cn2cc(/C=C3\SC(=O)N(CC(=O)Nc4cc(C)ccc4C)C3=O)c3ccccc32)cc1. The number of para-hydroxylation sites is 1. The number of hydrogen-bond donors (Lipinski definition) is 1. The second-order valence-corrected chi connectivity index (χ2v) is 10.3. The molecule has 0 radical (unpaired) electrons. The highest BCUT2D eigenvalue weighted by atomic mass is 32.2. The molecule has 1 aliphatic rings. The van der Waals surface area contributed by atoms with Crippen molar-refractivity contribution < 1.29 is 14.4 Å². The third-order valence-corrected chi connectivity index (χ3v) is 7.33. The molecule has 1 N–H and O–H groups in total. The summed E-state index contributed by atoms with van der Waals surface area (Å²) in [5, 5.41) is 3.37. The third kappa shape index (κ3) is 5.22. The van der Waals surface area contributed by atoms with Gasteiger partial charge in [-0.15, -0.1) is 0 Å². The van der Waals surface area contributed by atoms with Gasteiger partial charge in [-0.25, -0.2) is 0 Å². The monoisotopic (exact) mass is 509 g/mol. The third-order valence-electron chi connectivity index (χ3n) is 6.42. The zero-order valence-electron chi connectivity index (χ0n) is 20.9. The van der Waals surface area contributed by atoms with E-state index in [2.05, 4.69) is 41.1 Å². The normalized spacial score (nSPS) is 14.7. The Kier molecular flexibility index (Phi) is 6.72. The van der Waals surface area contributed by atoms with Crippen LogP contribution in [0.25, 0.3) is 17.0 Å². The first-order valence-corrected chi connectivity index (χ1v) is 12.9. The van der Waals surface area contributed by atoms with Crippen LogP contribution in [0.2, 0.25) is 0 Å². The van der Waals surface area contributed by atoms with Crippen molar-refractivity contribution in [3.8, 4) is 0 Å². The van der Waals surface area contributed by atoms with Crippen molar-refractivity contribution in [2.45, 2.75) is 27.3 Å². The molecule has 0 saturated carbocycles. The molecule has 0 bridgehead atoms. The Morgan fingerprint density at radius 3 is 2.46 bits per heavy atom. The van der Waals surface area contributed by atoms with Crippen molar-refractivity contribution in [1.29, 1.82) is 0 Å². The van der Waals surface area contributed by atoms with Crippen LogP contribution in [0.1, 0.15) is 27.8 Å². The molecule has 3 amide bonds. The zero-order valence-corrected chi connectivity index (χ0v) is 21.8. The van der Waals surface area contributed by atoms with E-state index in [1.165, 1.54) is 11.1 Å². The van der Waals surface area contributed by atoms with E-state index in [0.29, 0.717) is 17.1 Å². The van der Waals surface area contributed by atoms with Gasteiger partial charge in [0.25, 0.3) is 11.1 Å². The van der Waals surface area contributed by atoms with Gasteiger partial charge in [0.15, 0.2) is 0 Å². The second kappa shape index (κ2) is 10.1. The number of thioether (sulfide) groups is 1. The fourth-order valence-corrected chi connectivity index (χ4v) is 5.22. The Labute approximate surface area is 220 Å². The minimum atomic E-state index is -0.457. The van der Waals surface area contributed by atoms with E-state index in [1.807, 2.05) is 62.5 Å². The molecule has 0 atom stereocenters. The van der Waals surface area contributed by atoms with Gasteiger partial charge in [-0.3, -0.25) is 19.3 Å². The van der Waals surface area contributed by atoms with Crippen molar-refractivity contribution >= 4 is 51.5 Å². The summed E-state index contributed by atoms with van der Waals surface area (Å²) in [6, 6.07) is 22.2. The molecule has 0 aliphatic carbocycles. The summed E-state index contributed by atoms with van der Waals surface area (Å²) in [7, 11) is 0. The van der Waals surface area contributed by atoms with E-state index < -0.39 is 17.1 Å². The quantitative estimate of drug-likeness (QED) is 0.310. The second-order valence-electron chi connectivity index (χ2n) is 9.35. The van der Waals surface area contributed by atoms with Crippen LogP contribution in [0.4, 0.5) is 10.5 Å². The Hall–Kier alpha value is -4.10. The Bertz CT molecular complexity index is 1570. The Morgan fingerprint density at radius 1 is 0.946 bits per heavy atom. The number of rotatable bonds is 6. The number of anilines is 1. The van der Waals surface area contributed by atoms with E-state index in [-0.39, 0.29) is 6.54 Å². The zero-order chi connectivity index (χ0) is 26.1. The minimum Gasteiger partial charge on any atom is -0.342 e. The highest BCUT2D eigenvalue weighted by Gasteiger charge is 2.36. The molecule has 1 fully saturated rings. The van der Waals surface area contributed by atoms with Gasteiger partial charge in [0.2, 0.25) is 5.91 Å². The van der Waals surface area contributed by atoms with Gasteiger partial charge < -0.3 is 9.88 Å². The molecule has 7 heteroatoms. The molecule has 5 rings (SSSR count). The summed E-state index contributed by atoms with van der Waals surface area (Å²) in [4.78, 5) is 39.8. The molecule has 1 aromatic heterocycles. The number of amides is 3. The summed E-state index contributed by atoms with van der Waals surface area (Å²) in [5.74, 6) is -0.867. The molecule has 37 heavy (non-hydrogen) atoms. The average Bonchev–Trinajstić information content (AvgIpc) is 3.34. The van der Waals surface area contributed by atoms with E-state index >= 15 is 0 Å². The molecule has 186 valence electrons. The van der Waals surface area contributed by atoms with Crippen LogP contribution < -0.4 is 5.32 Å². The lowest BCUT2D eigenvalue weighted by Gasteiger charge is -2.14. The first-order chi connectivity index (χ1) is 17.8. The van der Waals surface area contributed by atoms with Gasteiger partial charge in [0, 0.05) is 34.9 Å². The number of nitrogens with zero attached hydrogens (tertiary/aromatic N) is 2. The maximum atomic E-state index is 13.1. The van der Waals surface area contributed by atoms with E-state index in [0.717, 1.165) is 44.3 Å². The van der Waals surface area contributed by atoms with E-state index in [9.17, 15) is 14.4 Å². The predicted molar refractivity (Wildman–Crippen MR) is 149 cm³/mol. The van der Waals surface area contributed by atoms with Gasteiger partial charge in [-0.1, -0.05) is 60.2 Å². The van der Waals surface area contributed by atoms with E-state index in [1.54, 1.807) is 6.08 Å². The number of carbonyl (C=O) groups is 3. The number of carbonyl (C=O) groups excluding carboxylic acids is 3. The van der Waals surface area contributed by atoms with Crippen LogP contribution in [0.5, 0.6) is 0 Å².